The number of benzene rings is 1. The van der Waals surface area contributed by atoms with Crippen LogP contribution in [0.5, 0.6) is 11.5 Å². The van der Waals surface area contributed by atoms with Gasteiger partial charge in [-0.15, -0.1) is 0 Å². The van der Waals surface area contributed by atoms with Gasteiger partial charge in [0.15, 0.2) is 11.5 Å². The van der Waals surface area contributed by atoms with Crippen LogP contribution in [0.15, 0.2) is 18.2 Å². The average Bonchev–Trinajstić information content (AvgIpc) is 2.71. The molecule has 1 atom stereocenters. The fourth-order valence-corrected chi connectivity index (χ4v) is 2.54. The van der Waals surface area contributed by atoms with Crippen LogP contribution in [0.25, 0.3) is 0 Å². The van der Waals surface area contributed by atoms with Crippen LogP contribution in [0.4, 0.5) is 0 Å². The quantitative estimate of drug-likeness (QED) is 0.826. The summed E-state index contributed by atoms with van der Waals surface area (Å²) in [6, 6.07) is 6.67. The second-order valence-corrected chi connectivity index (χ2v) is 6.28. The molecule has 0 fully saturated rings. The van der Waals surface area contributed by atoms with Gasteiger partial charge >= 0.3 is 0 Å². The summed E-state index contributed by atoms with van der Waals surface area (Å²) in [6.07, 6.45) is 3.13. The Balaban J connectivity index is 1.88. The van der Waals surface area contributed by atoms with Crippen molar-refractivity contribution >= 4 is 0 Å². The van der Waals surface area contributed by atoms with Gasteiger partial charge in [0.2, 0.25) is 0 Å². The predicted molar refractivity (Wildman–Crippen MR) is 82.7 cm³/mol. The maximum atomic E-state index is 6.01. The minimum atomic E-state index is -0.113. The summed E-state index contributed by atoms with van der Waals surface area (Å²) in [5.41, 5.74) is 1.14. The number of hydrogen-bond donors (Lipinski definition) is 1. The Morgan fingerprint density at radius 3 is 2.95 bits per heavy atom. The lowest BCUT2D eigenvalue weighted by atomic mass is 10.0. The lowest BCUT2D eigenvalue weighted by molar-refractivity contribution is 0.131. The van der Waals surface area contributed by atoms with Crippen LogP contribution in [-0.2, 0) is 6.42 Å². The Morgan fingerprint density at radius 2 is 2.20 bits per heavy atom. The zero-order valence-corrected chi connectivity index (χ0v) is 13.2. The third kappa shape index (κ3) is 3.89. The topological polar surface area (TPSA) is 30.5 Å². The van der Waals surface area contributed by atoms with Crippen LogP contribution >= 0.6 is 0 Å². The Labute approximate surface area is 122 Å². The van der Waals surface area contributed by atoms with E-state index in [1.807, 2.05) is 6.07 Å². The molecule has 1 heterocycles. The zero-order chi connectivity index (χ0) is 14.6. The van der Waals surface area contributed by atoms with E-state index in [4.69, 9.17) is 9.47 Å². The monoisotopic (exact) mass is 277 g/mol. The normalized spacial score (nSPS) is 17.4. The molecule has 0 aliphatic carbocycles. The highest BCUT2D eigenvalue weighted by atomic mass is 16.5. The summed E-state index contributed by atoms with van der Waals surface area (Å²) in [5, 5.41) is 3.47. The van der Waals surface area contributed by atoms with Crippen molar-refractivity contribution in [3.05, 3.63) is 23.8 Å². The van der Waals surface area contributed by atoms with Gasteiger partial charge in [-0.3, -0.25) is 0 Å². The SMILES string of the molecule is CCCNC(C)CCOc1cccc2c1OC(C)(C)C2. The van der Waals surface area contributed by atoms with Crippen molar-refractivity contribution in [1.82, 2.24) is 5.32 Å². The largest absolute Gasteiger partial charge is 0.490 e. The van der Waals surface area contributed by atoms with E-state index >= 15 is 0 Å². The number of rotatable bonds is 7. The van der Waals surface area contributed by atoms with Crippen molar-refractivity contribution in [2.75, 3.05) is 13.2 Å². The Morgan fingerprint density at radius 1 is 1.40 bits per heavy atom. The molecule has 1 aliphatic rings. The molecule has 0 saturated heterocycles. The summed E-state index contributed by atoms with van der Waals surface area (Å²) < 4.78 is 11.9. The molecule has 20 heavy (non-hydrogen) atoms. The second-order valence-electron chi connectivity index (χ2n) is 6.28. The standard InChI is InChI=1S/C17H27NO2/c1-5-10-18-13(2)9-11-19-15-8-6-7-14-12-17(3,4)20-16(14)15/h6-8,13,18H,5,9-12H2,1-4H3. The van der Waals surface area contributed by atoms with Crippen LogP contribution in [0.1, 0.15) is 46.1 Å². The lowest BCUT2D eigenvalue weighted by Crippen LogP contribution is -2.28. The first-order valence-corrected chi connectivity index (χ1v) is 7.69. The van der Waals surface area contributed by atoms with E-state index < -0.39 is 0 Å². The van der Waals surface area contributed by atoms with Gasteiger partial charge in [-0.2, -0.15) is 0 Å². The molecule has 0 amide bonds. The van der Waals surface area contributed by atoms with Gasteiger partial charge in [0.05, 0.1) is 6.61 Å². The van der Waals surface area contributed by atoms with E-state index in [-0.39, 0.29) is 5.60 Å². The molecular weight excluding hydrogens is 250 g/mol. The number of ether oxygens (including phenoxy) is 2. The van der Waals surface area contributed by atoms with Crippen LogP contribution in [0.2, 0.25) is 0 Å². The lowest BCUT2D eigenvalue weighted by Gasteiger charge is -2.19. The molecule has 2 rings (SSSR count). The van der Waals surface area contributed by atoms with E-state index in [1.165, 1.54) is 12.0 Å². The summed E-state index contributed by atoms with van der Waals surface area (Å²) in [4.78, 5) is 0. The minimum absolute atomic E-state index is 0.113. The molecule has 3 heteroatoms. The number of hydrogen-bond acceptors (Lipinski definition) is 3. The van der Waals surface area contributed by atoms with Gasteiger partial charge < -0.3 is 14.8 Å². The molecule has 1 aromatic rings. The van der Waals surface area contributed by atoms with Crippen molar-refractivity contribution in [2.24, 2.45) is 0 Å². The highest BCUT2D eigenvalue weighted by Crippen LogP contribution is 2.41. The molecule has 0 bridgehead atoms. The third-order valence-electron chi connectivity index (χ3n) is 3.61. The molecule has 1 unspecified atom stereocenters. The van der Waals surface area contributed by atoms with Gasteiger partial charge in [-0.05, 0) is 46.2 Å². The highest BCUT2D eigenvalue weighted by Gasteiger charge is 2.32. The molecule has 0 aromatic heterocycles. The molecule has 1 aliphatic heterocycles. The molecule has 3 nitrogen and oxygen atoms in total. The van der Waals surface area contributed by atoms with Gasteiger partial charge in [0, 0.05) is 18.0 Å². The smallest absolute Gasteiger partial charge is 0.165 e. The van der Waals surface area contributed by atoms with Crippen molar-refractivity contribution in [2.45, 2.75) is 58.6 Å². The Hall–Kier alpha value is -1.22. The highest BCUT2D eigenvalue weighted by molar-refractivity contribution is 5.50. The van der Waals surface area contributed by atoms with E-state index in [0.717, 1.165) is 37.5 Å². The fourth-order valence-electron chi connectivity index (χ4n) is 2.54. The van der Waals surface area contributed by atoms with Crippen LogP contribution < -0.4 is 14.8 Å². The molecule has 0 spiro atoms. The zero-order valence-electron chi connectivity index (χ0n) is 13.2. The molecule has 1 N–H and O–H groups in total. The van der Waals surface area contributed by atoms with Crippen LogP contribution in [0, 0.1) is 0 Å². The van der Waals surface area contributed by atoms with Crippen LogP contribution in [-0.4, -0.2) is 24.8 Å². The van der Waals surface area contributed by atoms with Crippen molar-refractivity contribution in [3.8, 4) is 11.5 Å². The predicted octanol–water partition coefficient (Wildman–Crippen LogP) is 3.56. The third-order valence-corrected chi connectivity index (χ3v) is 3.61. The Bertz CT molecular complexity index is 443. The maximum absolute atomic E-state index is 6.01. The first kappa shape index (κ1) is 15.2. The van der Waals surface area contributed by atoms with Crippen molar-refractivity contribution in [3.63, 3.8) is 0 Å². The van der Waals surface area contributed by atoms with Crippen molar-refractivity contribution in [1.29, 1.82) is 0 Å². The summed E-state index contributed by atoms with van der Waals surface area (Å²) >= 11 is 0. The van der Waals surface area contributed by atoms with Crippen LogP contribution in [0.3, 0.4) is 0 Å². The average molecular weight is 277 g/mol. The maximum Gasteiger partial charge on any atom is 0.165 e. The van der Waals surface area contributed by atoms with Gasteiger partial charge in [-0.1, -0.05) is 19.1 Å². The number of nitrogens with one attached hydrogen (secondary N) is 1. The molecular formula is C17H27NO2. The summed E-state index contributed by atoms with van der Waals surface area (Å²) in [5.74, 6) is 1.82. The molecule has 1 aromatic carbocycles. The van der Waals surface area contributed by atoms with Gasteiger partial charge in [0.1, 0.15) is 5.60 Å². The summed E-state index contributed by atoms with van der Waals surface area (Å²) in [6.45, 7) is 10.4. The van der Waals surface area contributed by atoms with Gasteiger partial charge in [-0.25, -0.2) is 0 Å². The second kappa shape index (κ2) is 6.49. The van der Waals surface area contributed by atoms with Crippen molar-refractivity contribution < 1.29 is 9.47 Å². The van der Waals surface area contributed by atoms with E-state index in [2.05, 4.69) is 45.1 Å². The van der Waals surface area contributed by atoms with E-state index in [9.17, 15) is 0 Å². The first-order valence-electron chi connectivity index (χ1n) is 7.69. The fraction of sp³-hybridized carbons (Fsp3) is 0.647. The van der Waals surface area contributed by atoms with E-state index in [1.54, 1.807) is 0 Å². The number of para-hydroxylation sites is 1. The summed E-state index contributed by atoms with van der Waals surface area (Å²) in [7, 11) is 0. The van der Waals surface area contributed by atoms with E-state index in [0.29, 0.717) is 6.04 Å². The first-order chi connectivity index (χ1) is 9.52. The minimum Gasteiger partial charge on any atom is -0.490 e. The molecule has 0 saturated carbocycles. The Kier molecular flexibility index (Phi) is 4.92. The molecule has 0 radical (unpaired) electrons. The molecule has 112 valence electrons. The van der Waals surface area contributed by atoms with Gasteiger partial charge in [0.25, 0.3) is 0 Å². The number of fused-ring (bicyclic) bond motifs is 1.